The van der Waals surface area contributed by atoms with Crippen molar-refractivity contribution in [2.75, 3.05) is 56.6 Å². The number of rotatable bonds is 7. The number of hydrogen-bond donors (Lipinski definition) is 0. The number of fused-ring (bicyclic) bond motifs is 1. The van der Waals surface area contributed by atoms with Crippen molar-refractivity contribution in [3.63, 3.8) is 0 Å². The van der Waals surface area contributed by atoms with Gasteiger partial charge in [0.25, 0.3) is 0 Å². The molecule has 2 aliphatic rings. The fourth-order valence-electron chi connectivity index (χ4n) is 3.70. The van der Waals surface area contributed by atoms with Crippen LogP contribution in [0.1, 0.15) is 12.8 Å². The Morgan fingerprint density at radius 2 is 1.71 bits per heavy atom. The average Bonchev–Trinajstić information content (AvgIpc) is 2.75. The molecule has 2 aliphatic heterocycles. The molecular formula is C22H27FN2O2S. The maximum Gasteiger partial charge on any atom is 0.184 e. The van der Waals surface area contributed by atoms with Crippen LogP contribution in [-0.2, 0) is 0 Å². The zero-order valence-corrected chi connectivity index (χ0v) is 16.9. The third-order valence-corrected chi connectivity index (χ3v) is 6.36. The number of thioether (sulfide) groups is 1. The summed E-state index contributed by atoms with van der Waals surface area (Å²) in [4.78, 5) is 5.68. The Labute approximate surface area is 170 Å². The molecule has 0 saturated carbocycles. The van der Waals surface area contributed by atoms with E-state index in [1.54, 1.807) is 17.8 Å². The monoisotopic (exact) mass is 402 g/mol. The molecule has 0 radical (unpaired) electrons. The molecule has 0 amide bonds. The number of unbranched alkanes of at least 4 members (excludes halogenated alkanes) is 1. The molecule has 4 rings (SSSR count). The van der Waals surface area contributed by atoms with Gasteiger partial charge in [-0.25, -0.2) is 4.39 Å². The van der Waals surface area contributed by atoms with E-state index >= 15 is 0 Å². The van der Waals surface area contributed by atoms with Gasteiger partial charge in [0.05, 0.1) is 5.69 Å². The normalized spacial score (nSPS) is 17.0. The van der Waals surface area contributed by atoms with Crippen molar-refractivity contribution in [3.8, 4) is 11.5 Å². The molecule has 0 unspecified atom stereocenters. The zero-order valence-electron chi connectivity index (χ0n) is 16.1. The van der Waals surface area contributed by atoms with E-state index in [1.165, 1.54) is 6.07 Å². The van der Waals surface area contributed by atoms with Crippen molar-refractivity contribution in [3.05, 3.63) is 48.3 Å². The minimum Gasteiger partial charge on any atom is -0.486 e. The second-order valence-corrected chi connectivity index (χ2v) is 8.25. The predicted molar refractivity (Wildman–Crippen MR) is 112 cm³/mol. The molecule has 6 heteroatoms. The van der Waals surface area contributed by atoms with Gasteiger partial charge < -0.3 is 14.4 Å². The lowest BCUT2D eigenvalue weighted by Gasteiger charge is -2.37. The van der Waals surface area contributed by atoms with Crippen LogP contribution in [-0.4, -0.2) is 56.6 Å². The summed E-state index contributed by atoms with van der Waals surface area (Å²) in [5.74, 6) is 2.61. The Bertz CT molecular complexity index is 781. The second-order valence-electron chi connectivity index (χ2n) is 7.12. The van der Waals surface area contributed by atoms with E-state index in [2.05, 4.69) is 15.9 Å². The van der Waals surface area contributed by atoms with Gasteiger partial charge in [0.1, 0.15) is 19.0 Å². The van der Waals surface area contributed by atoms with Gasteiger partial charge in [-0.15, -0.1) is 11.8 Å². The Hall–Kier alpha value is -1.92. The number of benzene rings is 2. The molecule has 0 atom stereocenters. The fourth-order valence-corrected chi connectivity index (χ4v) is 4.65. The summed E-state index contributed by atoms with van der Waals surface area (Å²) in [5, 5.41) is 0. The Morgan fingerprint density at radius 1 is 0.893 bits per heavy atom. The lowest BCUT2D eigenvalue weighted by Crippen LogP contribution is -2.46. The van der Waals surface area contributed by atoms with E-state index in [-0.39, 0.29) is 5.82 Å². The molecule has 1 fully saturated rings. The van der Waals surface area contributed by atoms with Crippen molar-refractivity contribution in [1.29, 1.82) is 0 Å². The number of halogens is 1. The number of anilines is 1. The van der Waals surface area contributed by atoms with Gasteiger partial charge in [0.15, 0.2) is 11.5 Å². The van der Waals surface area contributed by atoms with E-state index in [9.17, 15) is 4.39 Å². The number of piperazine rings is 1. The highest BCUT2D eigenvalue weighted by atomic mass is 32.2. The highest BCUT2D eigenvalue weighted by Crippen LogP contribution is 2.39. The van der Waals surface area contributed by atoms with E-state index < -0.39 is 0 Å². The molecular weight excluding hydrogens is 375 g/mol. The van der Waals surface area contributed by atoms with Gasteiger partial charge in [-0.1, -0.05) is 18.2 Å². The molecule has 2 aromatic carbocycles. The van der Waals surface area contributed by atoms with Crippen molar-refractivity contribution < 1.29 is 13.9 Å². The third-order valence-electron chi connectivity index (χ3n) is 5.22. The number of nitrogens with zero attached hydrogens (tertiary/aromatic N) is 2. The standard InChI is InChI=1S/C22H27FN2O2S/c23-18-6-1-2-9-21(18)28-17-4-3-10-24-11-13-25(14-12-24)19-7-5-8-20-22(19)27-16-15-26-20/h1-2,5-9H,3-4,10-17H2. The summed E-state index contributed by atoms with van der Waals surface area (Å²) >= 11 is 1.62. The lowest BCUT2D eigenvalue weighted by molar-refractivity contribution is 0.171. The van der Waals surface area contributed by atoms with E-state index in [1.807, 2.05) is 24.3 Å². The van der Waals surface area contributed by atoms with Crippen LogP contribution >= 0.6 is 11.8 Å². The van der Waals surface area contributed by atoms with Crippen LogP contribution in [0, 0.1) is 5.82 Å². The minimum atomic E-state index is -0.110. The second kappa shape index (κ2) is 9.52. The van der Waals surface area contributed by atoms with Crippen molar-refractivity contribution in [2.45, 2.75) is 17.7 Å². The van der Waals surface area contributed by atoms with Crippen LogP contribution in [0.5, 0.6) is 11.5 Å². The molecule has 150 valence electrons. The largest absolute Gasteiger partial charge is 0.486 e. The van der Waals surface area contributed by atoms with E-state index in [0.29, 0.717) is 13.2 Å². The molecule has 2 aromatic rings. The SMILES string of the molecule is Fc1ccccc1SCCCCN1CCN(c2cccc3c2OCCO3)CC1. The summed E-state index contributed by atoms with van der Waals surface area (Å²) in [5.41, 5.74) is 1.15. The van der Waals surface area contributed by atoms with Crippen molar-refractivity contribution in [2.24, 2.45) is 0 Å². The van der Waals surface area contributed by atoms with Gasteiger partial charge in [0.2, 0.25) is 0 Å². The molecule has 0 aliphatic carbocycles. The molecule has 1 saturated heterocycles. The predicted octanol–water partition coefficient (Wildman–Crippen LogP) is 4.29. The number of para-hydroxylation sites is 1. The molecule has 0 aromatic heterocycles. The molecule has 4 nitrogen and oxygen atoms in total. The van der Waals surface area contributed by atoms with Gasteiger partial charge in [-0.2, -0.15) is 0 Å². The molecule has 2 heterocycles. The number of ether oxygens (including phenoxy) is 2. The Morgan fingerprint density at radius 3 is 2.57 bits per heavy atom. The summed E-state index contributed by atoms with van der Waals surface area (Å²) in [6.07, 6.45) is 2.26. The van der Waals surface area contributed by atoms with Crippen LogP contribution < -0.4 is 14.4 Å². The first-order valence-electron chi connectivity index (χ1n) is 10.0. The highest BCUT2D eigenvalue weighted by Gasteiger charge is 2.23. The average molecular weight is 403 g/mol. The van der Waals surface area contributed by atoms with Crippen molar-refractivity contribution >= 4 is 17.4 Å². The summed E-state index contributed by atoms with van der Waals surface area (Å²) in [6, 6.07) is 13.2. The van der Waals surface area contributed by atoms with Gasteiger partial charge >= 0.3 is 0 Å². The topological polar surface area (TPSA) is 24.9 Å². The Balaban J connectivity index is 1.19. The van der Waals surface area contributed by atoms with Crippen LogP contribution in [0.2, 0.25) is 0 Å². The summed E-state index contributed by atoms with van der Waals surface area (Å²) in [7, 11) is 0. The van der Waals surface area contributed by atoms with Crippen LogP contribution in [0.15, 0.2) is 47.4 Å². The van der Waals surface area contributed by atoms with Gasteiger partial charge in [-0.05, 0) is 49.4 Å². The molecule has 0 spiro atoms. The van der Waals surface area contributed by atoms with Crippen LogP contribution in [0.25, 0.3) is 0 Å². The molecule has 0 bridgehead atoms. The molecule has 28 heavy (non-hydrogen) atoms. The maximum atomic E-state index is 13.6. The smallest absolute Gasteiger partial charge is 0.184 e. The summed E-state index contributed by atoms with van der Waals surface area (Å²) in [6.45, 7) is 6.48. The first kappa shape index (κ1) is 19.4. The first-order valence-corrected chi connectivity index (χ1v) is 11.0. The van der Waals surface area contributed by atoms with E-state index in [0.717, 1.165) is 73.4 Å². The van der Waals surface area contributed by atoms with Crippen LogP contribution in [0.4, 0.5) is 10.1 Å². The Kier molecular flexibility index (Phi) is 6.60. The number of hydrogen-bond acceptors (Lipinski definition) is 5. The third kappa shape index (κ3) is 4.73. The zero-order chi connectivity index (χ0) is 19.2. The first-order chi connectivity index (χ1) is 13.8. The maximum absolute atomic E-state index is 13.6. The minimum absolute atomic E-state index is 0.110. The lowest BCUT2D eigenvalue weighted by atomic mass is 10.2. The van der Waals surface area contributed by atoms with Gasteiger partial charge in [0, 0.05) is 31.1 Å². The molecule has 0 N–H and O–H groups in total. The van der Waals surface area contributed by atoms with Gasteiger partial charge in [-0.3, -0.25) is 4.90 Å². The van der Waals surface area contributed by atoms with E-state index in [4.69, 9.17) is 9.47 Å². The van der Waals surface area contributed by atoms with Crippen LogP contribution in [0.3, 0.4) is 0 Å². The quantitative estimate of drug-likeness (QED) is 0.508. The summed E-state index contributed by atoms with van der Waals surface area (Å²) < 4.78 is 25.2. The van der Waals surface area contributed by atoms with Crippen molar-refractivity contribution in [1.82, 2.24) is 4.90 Å². The highest BCUT2D eigenvalue weighted by molar-refractivity contribution is 7.99. The fraction of sp³-hybridized carbons (Fsp3) is 0.455.